The molecule has 1 spiro atoms. The van der Waals surface area contributed by atoms with Gasteiger partial charge in [-0.05, 0) is 25.0 Å². The van der Waals surface area contributed by atoms with Crippen LogP contribution in [0.15, 0.2) is 18.3 Å². The van der Waals surface area contributed by atoms with Crippen LogP contribution >= 0.6 is 0 Å². The Labute approximate surface area is 124 Å². The third-order valence-corrected chi connectivity index (χ3v) is 4.91. The van der Waals surface area contributed by atoms with E-state index in [4.69, 9.17) is 0 Å². The number of aryl methyl sites for hydroxylation is 1. The second-order valence-corrected chi connectivity index (χ2v) is 6.05. The number of likely N-dealkylation sites (tertiary alicyclic amines) is 2. The number of carbonyl (C=O) groups is 2. The van der Waals surface area contributed by atoms with Crippen LogP contribution in [-0.4, -0.2) is 64.9 Å². The molecule has 1 aromatic heterocycles. The summed E-state index contributed by atoms with van der Waals surface area (Å²) in [6.07, 6.45) is 3.92. The van der Waals surface area contributed by atoms with Crippen LogP contribution in [0.4, 0.5) is 0 Å². The van der Waals surface area contributed by atoms with E-state index in [0.29, 0.717) is 6.54 Å². The van der Waals surface area contributed by atoms with Crippen molar-refractivity contribution >= 4 is 11.8 Å². The number of hydrogen-bond donors (Lipinski definition) is 1. The topological polar surface area (TPSA) is 57.6 Å². The van der Waals surface area contributed by atoms with Crippen molar-refractivity contribution in [2.45, 2.75) is 18.4 Å². The summed E-state index contributed by atoms with van der Waals surface area (Å²) in [6, 6.07) is 3.75. The molecule has 0 saturated carbocycles. The summed E-state index contributed by atoms with van der Waals surface area (Å²) >= 11 is 0. The Bertz CT molecular complexity index is 568. The number of aromatic nitrogens is 1. The third-order valence-electron chi connectivity index (χ3n) is 4.91. The van der Waals surface area contributed by atoms with E-state index in [9.17, 15) is 9.59 Å². The van der Waals surface area contributed by atoms with Crippen molar-refractivity contribution in [1.29, 1.82) is 0 Å². The fraction of sp³-hybridized carbons (Fsp3) is 0.600. The average Bonchev–Trinajstić information content (AvgIpc) is 3.10. The van der Waals surface area contributed by atoms with Crippen molar-refractivity contribution in [3.63, 3.8) is 0 Å². The zero-order valence-corrected chi connectivity index (χ0v) is 12.6. The van der Waals surface area contributed by atoms with E-state index in [-0.39, 0.29) is 17.4 Å². The van der Waals surface area contributed by atoms with Crippen molar-refractivity contribution in [2.24, 2.45) is 7.05 Å². The van der Waals surface area contributed by atoms with Crippen molar-refractivity contribution in [2.75, 3.05) is 33.2 Å². The van der Waals surface area contributed by atoms with Crippen LogP contribution in [0, 0.1) is 0 Å². The molecule has 1 atom stereocenters. The summed E-state index contributed by atoms with van der Waals surface area (Å²) in [6.45, 7) is 2.88. The predicted octanol–water partition coefficient (Wildman–Crippen LogP) is 0.0615. The van der Waals surface area contributed by atoms with Gasteiger partial charge in [0, 0.05) is 45.5 Å². The summed E-state index contributed by atoms with van der Waals surface area (Å²) in [7, 11) is 3.55. The lowest BCUT2D eigenvalue weighted by atomic mass is 9.83. The first-order valence-corrected chi connectivity index (χ1v) is 7.42. The number of amides is 2. The van der Waals surface area contributed by atoms with Gasteiger partial charge in [-0.1, -0.05) is 0 Å². The summed E-state index contributed by atoms with van der Waals surface area (Å²) in [4.78, 5) is 28.2. The van der Waals surface area contributed by atoms with Gasteiger partial charge in [0.25, 0.3) is 5.91 Å². The molecule has 1 aromatic rings. The Kier molecular flexibility index (Phi) is 3.49. The molecule has 0 aliphatic carbocycles. The van der Waals surface area contributed by atoms with Crippen molar-refractivity contribution in [1.82, 2.24) is 19.7 Å². The molecule has 2 saturated heterocycles. The van der Waals surface area contributed by atoms with Crippen LogP contribution in [0.5, 0.6) is 0 Å². The van der Waals surface area contributed by atoms with Gasteiger partial charge < -0.3 is 14.8 Å². The Balaban J connectivity index is 1.67. The normalized spacial score (nSPS) is 25.1. The van der Waals surface area contributed by atoms with Crippen LogP contribution in [0.3, 0.4) is 0 Å². The van der Waals surface area contributed by atoms with Crippen LogP contribution in [0.1, 0.15) is 23.3 Å². The van der Waals surface area contributed by atoms with Crippen molar-refractivity contribution in [3.8, 4) is 0 Å². The van der Waals surface area contributed by atoms with Crippen molar-refractivity contribution < 1.29 is 9.59 Å². The number of nitrogens with zero attached hydrogens (tertiary/aromatic N) is 3. The average molecular weight is 290 g/mol. The minimum Gasteiger partial charge on any atom is -0.358 e. The number of hydrogen-bond acceptors (Lipinski definition) is 3. The standard InChI is InChI=1S/C15H22N4O2/c1-16-13(20)10-19-9-6-15(19)5-8-18(11-15)14(21)12-4-3-7-17(12)2/h3-4,7H,5-6,8-11H2,1-2H3,(H,16,20)/t15-/m0/s1. The summed E-state index contributed by atoms with van der Waals surface area (Å²) in [5.74, 6) is 0.132. The monoisotopic (exact) mass is 290 g/mol. The summed E-state index contributed by atoms with van der Waals surface area (Å²) < 4.78 is 1.86. The molecule has 3 heterocycles. The maximum Gasteiger partial charge on any atom is 0.270 e. The summed E-state index contributed by atoms with van der Waals surface area (Å²) in [5.41, 5.74) is 0.747. The Morgan fingerprint density at radius 2 is 2.10 bits per heavy atom. The lowest BCUT2D eigenvalue weighted by Crippen LogP contribution is -2.63. The van der Waals surface area contributed by atoms with Gasteiger partial charge in [0.05, 0.1) is 6.54 Å². The van der Waals surface area contributed by atoms with Gasteiger partial charge in [-0.15, -0.1) is 0 Å². The van der Waals surface area contributed by atoms with Gasteiger partial charge in [0.15, 0.2) is 0 Å². The summed E-state index contributed by atoms with van der Waals surface area (Å²) in [5, 5.41) is 2.67. The molecule has 0 radical (unpaired) electrons. The van der Waals surface area contributed by atoms with Gasteiger partial charge in [-0.3, -0.25) is 14.5 Å². The molecule has 2 aliphatic rings. The highest BCUT2D eigenvalue weighted by molar-refractivity contribution is 5.93. The molecule has 114 valence electrons. The zero-order valence-electron chi connectivity index (χ0n) is 12.6. The first-order valence-electron chi connectivity index (χ1n) is 7.42. The molecule has 2 fully saturated rings. The molecule has 2 amide bonds. The highest BCUT2D eigenvalue weighted by Crippen LogP contribution is 2.39. The van der Waals surface area contributed by atoms with E-state index in [1.807, 2.05) is 34.8 Å². The molecule has 0 aromatic carbocycles. The first-order chi connectivity index (χ1) is 10.1. The minimum absolute atomic E-state index is 0.0212. The molecular formula is C15H22N4O2. The number of likely N-dealkylation sites (N-methyl/N-ethyl adjacent to an activating group) is 1. The van der Waals surface area contributed by atoms with E-state index in [2.05, 4.69) is 10.2 Å². The highest BCUT2D eigenvalue weighted by Gasteiger charge is 2.50. The molecule has 21 heavy (non-hydrogen) atoms. The van der Waals surface area contributed by atoms with Crippen molar-refractivity contribution in [3.05, 3.63) is 24.0 Å². The lowest BCUT2D eigenvalue weighted by Gasteiger charge is -2.50. The molecule has 6 nitrogen and oxygen atoms in total. The minimum atomic E-state index is 0.0212. The SMILES string of the molecule is CNC(=O)CN1CC[C@]12CCN(C(=O)c1cccn1C)C2. The fourth-order valence-electron chi connectivity index (χ4n) is 3.42. The van der Waals surface area contributed by atoms with Crippen LogP contribution < -0.4 is 5.32 Å². The second kappa shape index (κ2) is 5.18. The largest absolute Gasteiger partial charge is 0.358 e. The molecule has 2 aliphatic heterocycles. The molecular weight excluding hydrogens is 268 g/mol. The maximum absolute atomic E-state index is 12.5. The molecule has 0 unspecified atom stereocenters. The number of rotatable bonds is 3. The van der Waals surface area contributed by atoms with E-state index < -0.39 is 0 Å². The third kappa shape index (κ3) is 2.33. The fourth-order valence-corrected chi connectivity index (χ4v) is 3.42. The molecule has 6 heteroatoms. The van der Waals surface area contributed by atoms with Gasteiger partial charge in [-0.2, -0.15) is 0 Å². The first kappa shape index (κ1) is 14.1. The lowest BCUT2D eigenvalue weighted by molar-refractivity contribution is -0.126. The highest BCUT2D eigenvalue weighted by atomic mass is 16.2. The van der Waals surface area contributed by atoms with Gasteiger partial charge in [-0.25, -0.2) is 0 Å². The van der Waals surface area contributed by atoms with E-state index in [1.54, 1.807) is 7.05 Å². The number of carbonyl (C=O) groups excluding carboxylic acids is 2. The molecule has 3 rings (SSSR count). The van der Waals surface area contributed by atoms with E-state index in [0.717, 1.165) is 38.2 Å². The number of nitrogens with one attached hydrogen (secondary N) is 1. The van der Waals surface area contributed by atoms with Crippen LogP contribution in [-0.2, 0) is 11.8 Å². The van der Waals surface area contributed by atoms with Gasteiger partial charge >= 0.3 is 0 Å². The van der Waals surface area contributed by atoms with E-state index in [1.165, 1.54) is 0 Å². The van der Waals surface area contributed by atoms with Gasteiger partial charge in [0.2, 0.25) is 5.91 Å². The van der Waals surface area contributed by atoms with Crippen LogP contribution in [0.2, 0.25) is 0 Å². The Morgan fingerprint density at radius 1 is 1.33 bits per heavy atom. The quantitative estimate of drug-likeness (QED) is 0.856. The van der Waals surface area contributed by atoms with E-state index >= 15 is 0 Å². The molecule has 1 N–H and O–H groups in total. The zero-order chi connectivity index (χ0) is 15.0. The smallest absolute Gasteiger partial charge is 0.270 e. The predicted molar refractivity (Wildman–Crippen MR) is 78.9 cm³/mol. The molecule has 0 bridgehead atoms. The van der Waals surface area contributed by atoms with Crippen LogP contribution in [0.25, 0.3) is 0 Å². The van der Waals surface area contributed by atoms with Gasteiger partial charge in [0.1, 0.15) is 5.69 Å². The Hall–Kier alpha value is -1.82. The second-order valence-electron chi connectivity index (χ2n) is 6.05. The Morgan fingerprint density at radius 3 is 2.67 bits per heavy atom. The maximum atomic E-state index is 12.5.